The van der Waals surface area contributed by atoms with E-state index in [0.29, 0.717) is 0 Å². The second-order valence-electron chi connectivity index (χ2n) is 7.06. The molecule has 0 saturated carbocycles. The number of nitrogens with one attached hydrogen (secondary N) is 1. The zero-order valence-electron chi connectivity index (χ0n) is 15.2. The van der Waals surface area contributed by atoms with E-state index in [1.54, 1.807) is 0 Å². The minimum atomic E-state index is 0.160. The molecule has 3 unspecified atom stereocenters. The van der Waals surface area contributed by atoms with Gasteiger partial charge in [-0.3, -0.25) is 0 Å². The summed E-state index contributed by atoms with van der Waals surface area (Å²) in [7, 11) is 0. The van der Waals surface area contributed by atoms with Crippen LogP contribution >= 0.6 is 0 Å². The van der Waals surface area contributed by atoms with Crippen molar-refractivity contribution in [1.29, 1.82) is 0 Å². The predicted octanol–water partition coefficient (Wildman–Crippen LogP) is 2.95. The molecule has 0 aliphatic heterocycles. The Hall–Kier alpha value is -0.160. The second kappa shape index (κ2) is 15.7. The van der Waals surface area contributed by atoms with Crippen molar-refractivity contribution >= 4 is 0 Å². The Balaban J connectivity index is 3.43. The first kappa shape index (κ1) is 21.8. The van der Waals surface area contributed by atoms with Crippen molar-refractivity contribution in [3.8, 4) is 0 Å². The first-order valence-electron chi connectivity index (χ1n) is 9.49. The van der Waals surface area contributed by atoms with E-state index in [9.17, 15) is 0 Å². The SMILES string of the molecule is CC(CCCCN)CCCC(N)NCCC(C)CCCCN. The van der Waals surface area contributed by atoms with Crippen LogP contribution in [0, 0.1) is 11.8 Å². The highest BCUT2D eigenvalue weighted by Crippen LogP contribution is 2.15. The first-order chi connectivity index (χ1) is 10.6. The molecule has 0 rings (SSSR count). The van der Waals surface area contributed by atoms with E-state index in [1.165, 1.54) is 44.9 Å². The van der Waals surface area contributed by atoms with Gasteiger partial charge in [-0.05, 0) is 57.2 Å². The fourth-order valence-electron chi connectivity index (χ4n) is 2.87. The van der Waals surface area contributed by atoms with Gasteiger partial charge in [-0.15, -0.1) is 0 Å². The van der Waals surface area contributed by atoms with Crippen molar-refractivity contribution in [2.75, 3.05) is 19.6 Å². The normalized spacial score (nSPS) is 15.7. The van der Waals surface area contributed by atoms with Crippen LogP contribution < -0.4 is 22.5 Å². The molecule has 4 nitrogen and oxygen atoms in total. The molecular weight excluding hydrogens is 272 g/mol. The highest BCUT2D eigenvalue weighted by Gasteiger charge is 2.07. The van der Waals surface area contributed by atoms with E-state index >= 15 is 0 Å². The highest BCUT2D eigenvalue weighted by atomic mass is 15.0. The maximum atomic E-state index is 6.15. The van der Waals surface area contributed by atoms with Gasteiger partial charge < -0.3 is 22.5 Å². The van der Waals surface area contributed by atoms with Crippen LogP contribution in [0.3, 0.4) is 0 Å². The van der Waals surface area contributed by atoms with E-state index in [0.717, 1.165) is 50.7 Å². The molecule has 0 aromatic rings. The molecule has 0 saturated heterocycles. The number of hydrogen-bond acceptors (Lipinski definition) is 4. The largest absolute Gasteiger partial charge is 0.330 e. The van der Waals surface area contributed by atoms with Gasteiger partial charge in [0.2, 0.25) is 0 Å². The maximum absolute atomic E-state index is 6.15. The van der Waals surface area contributed by atoms with Crippen molar-refractivity contribution in [1.82, 2.24) is 5.32 Å². The van der Waals surface area contributed by atoms with Crippen LogP contribution in [0.5, 0.6) is 0 Å². The van der Waals surface area contributed by atoms with Crippen molar-refractivity contribution in [2.45, 2.75) is 84.2 Å². The molecule has 0 aliphatic carbocycles. The van der Waals surface area contributed by atoms with Gasteiger partial charge in [0.25, 0.3) is 0 Å². The molecule has 0 aliphatic rings. The molecule has 0 heterocycles. The molecule has 0 radical (unpaired) electrons. The summed E-state index contributed by atoms with van der Waals surface area (Å²) in [5.74, 6) is 1.58. The summed E-state index contributed by atoms with van der Waals surface area (Å²) < 4.78 is 0. The quantitative estimate of drug-likeness (QED) is 0.260. The lowest BCUT2D eigenvalue weighted by atomic mass is 9.97. The van der Waals surface area contributed by atoms with Crippen LogP contribution in [0.1, 0.15) is 78.1 Å². The van der Waals surface area contributed by atoms with Gasteiger partial charge in [-0.2, -0.15) is 0 Å². The van der Waals surface area contributed by atoms with Crippen LogP contribution in [0.4, 0.5) is 0 Å². The van der Waals surface area contributed by atoms with Crippen molar-refractivity contribution in [2.24, 2.45) is 29.0 Å². The van der Waals surface area contributed by atoms with Gasteiger partial charge in [0.05, 0.1) is 6.17 Å². The molecule has 0 aromatic heterocycles. The van der Waals surface area contributed by atoms with Crippen molar-refractivity contribution < 1.29 is 0 Å². The summed E-state index contributed by atoms with van der Waals surface area (Å²) >= 11 is 0. The minimum Gasteiger partial charge on any atom is -0.330 e. The summed E-state index contributed by atoms with van der Waals surface area (Å²) in [4.78, 5) is 0. The van der Waals surface area contributed by atoms with Crippen LogP contribution in [-0.4, -0.2) is 25.8 Å². The summed E-state index contributed by atoms with van der Waals surface area (Å²) in [6, 6.07) is 0. The summed E-state index contributed by atoms with van der Waals surface area (Å²) in [6.07, 6.45) is 12.4. The van der Waals surface area contributed by atoms with Gasteiger partial charge in [-0.1, -0.05) is 52.4 Å². The lowest BCUT2D eigenvalue weighted by Crippen LogP contribution is -2.38. The molecule has 22 heavy (non-hydrogen) atoms. The Morgan fingerprint density at radius 3 is 1.73 bits per heavy atom. The van der Waals surface area contributed by atoms with E-state index in [-0.39, 0.29) is 6.17 Å². The fraction of sp³-hybridized carbons (Fsp3) is 1.00. The van der Waals surface area contributed by atoms with Gasteiger partial charge in [-0.25, -0.2) is 0 Å². The molecular formula is C18H42N4. The Kier molecular flexibility index (Phi) is 15.6. The average Bonchev–Trinajstić information content (AvgIpc) is 2.48. The minimum absolute atomic E-state index is 0.160. The lowest BCUT2D eigenvalue weighted by Gasteiger charge is -2.17. The van der Waals surface area contributed by atoms with E-state index < -0.39 is 0 Å². The van der Waals surface area contributed by atoms with Crippen molar-refractivity contribution in [3.05, 3.63) is 0 Å². The Morgan fingerprint density at radius 2 is 1.18 bits per heavy atom. The van der Waals surface area contributed by atoms with E-state index in [1.807, 2.05) is 0 Å². The maximum Gasteiger partial charge on any atom is 0.0546 e. The zero-order chi connectivity index (χ0) is 16.6. The van der Waals surface area contributed by atoms with Gasteiger partial charge in [0.15, 0.2) is 0 Å². The van der Waals surface area contributed by atoms with E-state index in [2.05, 4.69) is 19.2 Å². The first-order valence-corrected chi connectivity index (χ1v) is 9.49. The third kappa shape index (κ3) is 14.8. The van der Waals surface area contributed by atoms with Gasteiger partial charge in [0, 0.05) is 0 Å². The molecule has 0 aromatic carbocycles. The molecule has 4 heteroatoms. The smallest absolute Gasteiger partial charge is 0.0546 e. The molecule has 134 valence electrons. The summed E-state index contributed by atoms with van der Waals surface area (Å²) in [5.41, 5.74) is 17.2. The predicted molar refractivity (Wildman–Crippen MR) is 98.6 cm³/mol. The second-order valence-corrected chi connectivity index (χ2v) is 7.06. The van der Waals surface area contributed by atoms with Crippen LogP contribution in [0.2, 0.25) is 0 Å². The third-order valence-corrected chi connectivity index (χ3v) is 4.56. The molecule has 0 fully saturated rings. The third-order valence-electron chi connectivity index (χ3n) is 4.56. The van der Waals surface area contributed by atoms with Gasteiger partial charge >= 0.3 is 0 Å². The van der Waals surface area contributed by atoms with Gasteiger partial charge in [0.1, 0.15) is 0 Å². The number of hydrogen-bond donors (Lipinski definition) is 4. The molecule has 3 atom stereocenters. The average molecular weight is 315 g/mol. The molecule has 0 spiro atoms. The number of nitrogens with two attached hydrogens (primary N) is 3. The topological polar surface area (TPSA) is 90.1 Å². The Bertz CT molecular complexity index is 201. The van der Waals surface area contributed by atoms with Crippen LogP contribution in [0.25, 0.3) is 0 Å². The Morgan fingerprint density at radius 1 is 0.682 bits per heavy atom. The van der Waals surface area contributed by atoms with E-state index in [4.69, 9.17) is 17.2 Å². The fourth-order valence-corrected chi connectivity index (χ4v) is 2.87. The molecule has 0 bridgehead atoms. The summed E-state index contributed by atoms with van der Waals surface area (Å²) in [6.45, 7) is 7.36. The zero-order valence-corrected chi connectivity index (χ0v) is 15.2. The standard InChI is InChI=1S/C18H42N4/c1-16(8-3-5-13-19)10-7-11-18(21)22-15-12-17(2)9-4-6-14-20/h16-18,22H,3-15,19-21H2,1-2H3. The van der Waals surface area contributed by atoms with Crippen LogP contribution in [-0.2, 0) is 0 Å². The molecule has 0 amide bonds. The van der Waals surface area contributed by atoms with Crippen molar-refractivity contribution in [3.63, 3.8) is 0 Å². The highest BCUT2D eigenvalue weighted by molar-refractivity contribution is 4.63. The number of unbranched alkanes of at least 4 members (excludes halogenated alkanes) is 2. The monoisotopic (exact) mass is 314 g/mol. The molecule has 7 N–H and O–H groups in total. The number of rotatable bonds is 16. The Labute approximate surface area is 139 Å². The van der Waals surface area contributed by atoms with Crippen LogP contribution in [0.15, 0.2) is 0 Å². The lowest BCUT2D eigenvalue weighted by molar-refractivity contribution is 0.391. The summed E-state index contributed by atoms with van der Waals surface area (Å²) in [5, 5.41) is 3.47.